The molecule has 134 valence electrons. The highest BCUT2D eigenvalue weighted by molar-refractivity contribution is 7.89. The molecule has 0 bridgehead atoms. The van der Waals surface area contributed by atoms with E-state index >= 15 is 0 Å². The third kappa shape index (κ3) is 5.65. The lowest BCUT2D eigenvalue weighted by Gasteiger charge is -2.35. The Hall–Kier alpha value is -1.31. The van der Waals surface area contributed by atoms with Crippen LogP contribution in [-0.2, 0) is 14.8 Å². The molecule has 1 fully saturated rings. The van der Waals surface area contributed by atoms with Crippen LogP contribution in [0.25, 0.3) is 0 Å². The minimum atomic E-state index is -3.34. The number of halogens is 1. The van der Waals surface area contributed by atoms with Crippen molar-refractivity contribution >= 4 is 33.2 Å². The zero-order chi connectivity index (χ0) is 17.4. The van der Waals surface area contributed by atoms with Gasteiger partial charge in [0.05, 0.1) is 5.75 Å². The van der Waals surface area contributed by atoms with Crippen molar-refractivity contribution in [1.82, 2.24) is 9.62 Å². The van der Waals surface area contributed by atoms with E-state index in [4.69, 9.17) is 11.6 Å². The van der Waals surface area contributed by atoms with Gasteiger partial charge in [0.1, 0.15) is 0 Å². The normalized spacial score (nSPS) is 16.1. The molecule has 1 aromatic rings. The summed E-state index contributed by atoms with van der Waals surface area (Å²) < 4.78 is 26.2. The van der Waals surface area contributed by atoms with Gasteiger partial charge in [-0.2, -0.15) is 4.31 Å². The van der Waals surface area contributed by atoms with E-state index in [0.717, 1.165) is 5.69 Å². The molecule has 1 saturated heterocycles. The molecule has 1 aromatic carbocycles. The molecule has 1 N–H and O–H groups in total. The zero-order valence-electron chi connectivity index (χ0n) is 13.7. The van der Waals surface area contributed by atoms with Gasteiger partial charge in [-0.25, -0.2) is 8.42 Å². The second kappa shape index (κ2) is 9.25. The molecule has 0 atom stereocenters. The topological polar surface area (TPSA) is 69.7 Å². The molecule has 0 spiro atoms. The van der Waals surface area contributed by atoms with E-state index in [0.29, 0.717) is 44.9 Å². The number of sulfonamides is 1. The Labute approximate surface area is 148 Å². The van der Waals surface area contributed by atoms with E-state index in [9.17, 15) is 13.2 Å². The average Bonchev–Trinajstić information content (AvgIpc) is 2.60. The van der Waals surface area contributed by atoms with Crippen molar-refractivity contribution in [2.75, 3.05) is 49.3 Å². The number of rotatable bonds is 8. The Bertz CT molecular complexity index is 617. The molecule has 0 saturated carbocycles. The first-order valence-electron chi connectivity index (χ1n) is 8.13. The molecule has 0 radical (unpaired) electrons. The van der Waals surface area contributed by atoms with E-state index < -0.39 is 10.0 Å². The second-order valence-electron chi connectivity index (χ2n) is 5.68. The number of hydrogen-bond acceptors (Lipinski definition) is 4. The van der Waals surface area contributed by atoms with Crippen molar-refractivity contribution in [3.8, 4) is 0 Å². The van der Waals surface area contributed by atoms with Gasteiger partial charge in [-0.15, -0.1) is 11.6 Å². The third-order valence-corrected chi connectivity index (χ3v) is 6.11. The fourth-order valence-corrected chi connectivity index (χ4v) is 4.10. The van der Waals surface area contributed by atoms with Gasteiger partial charge >= 0.3 is 0 Å². The van der Waals surface area contributed by atoms with Crippen LogP contribution in [0.1, 0.15) is 12.8 Å². The quantitative estimate of drug-likeness (QED) is 0.697. The Morgan fingerprint density at radius 2 is 1.79 bits per heavy atom. The van der Waals surface area contributed by atoms with E-state index in [2.05, 4.69) is 10.2 Å². The molecule has 8 heteroatoms. The predicted molar refractivity (Wildman–Crippen MR) is 97.0 cm³/mol. The fourth-order valence-electron chi connectivity index (χ4n) is 2.63. The highest BCUT2D eigenvalue weighted by Crippen LogP contribution is 2.17. The molecule has 0 unspecified atom stereocenters. The number of hydrogen-bond donors (Lipinski definition) is 1. The lowest BCUT2D eigenvalue weighted by molar-refractivity contribution is -0.120. The van der Waals surface area contributed by atoms with E-state index in [1.165, 1.54) is 4.31 Å². The number of benzene rings is 1. The number of amides is 1. The Morgan fingerprint density at radius 3 is 2.42 bits per heavy atom. The summed E-state index contributed by atoms with van der Waals surface area (Å²) in [7, 11) is -3.34. The van der Waals surface area contributed by atoms with Crippen molar-refractivity contribution in [2.45, 2.75) is 12.8 Å². The van der Waals surface area contributed by atoms with Gasteiger partial charge in [0.25, 0.3) is 0 Å². The van der Waals surface area contributed by atoms with Crippen molar-refractivity contribution in [1.29, 1.82) is 0 Å². The minimum Gasteiger partial charge on any atom is -0.369 e. The van der Waals surface area contributed by atoms with Gasteiger partial charge in [-0.05, 0) is 18.6 Å². The van der Waals surface area contributed by atoms with Gasteiger partial charge in [0, 0.05) is 50.7 Å². The molecule has 1 amide bonds. The molecular formula is C16H24ClN3O3S. The largest absolute Gasteiger partial charge is 0.369 e. The van der Waals surface area contributed by atoms with Gasteiger partial charge in [0.15, 0.2) is 0 Å². The van der Waals surface area contributed by atoms with Gasteiger partial charge in [-0.3, -0.25) is 4.79 Å². The molecule has 1 aliphatic rings. The van der Waals surface area contributed by atoms with E-state index in [1.54, 1.807) is 0 Å². The molecule has 0 aliphatic carbocycles. The van der Waals surface area contributed by atoms with Crippen LogP contribution in [-0.4, -0.2) is 63.0 Å². The highest BCUT2D eigenvalue weighted by atomic mass is 35.5. The van der Waals surface area contributed by atoms with Crippen LogP contribution >= 0.6 is 11.6 Å². The van der Waals surface area contributed by atoms with Gasteiger partial charge in [0.2, 0.25) is 15.9 Å². The molecular weight excluding hydrogens is 350 g/mol. The standard InChI is InChI=1S/C16H24ClN3O3S/c17-8-4-7-16(21)18-9-14-24(22,23)20-12-10-19(11-13-20)15-5-2-1-3-6-15/h1-3,5-6H,4,7-14H2,(H,18,21). The van der Waals surface area contributed by atoms with Crippen molar-refractivity contribution < 1.29 is 13.2 Å². The minimum absolute atomic E-state index is 0.0645. The maximum absolute atomic E-state index is 12.4. The number of piperazine rings is 1. The third-order valence-electron chi connectivity index (χ3n) is 3.97. The molecule has 1 heterocycles. The van der Waals surface area contributed by atoms with Gasteiger partial charge in [-0.1, -0.05) is 18.2 Å². The number of anilines is 1. The number of nitrogens with zero attached hydrogens (tertiary/aromatic N) is 2. The van der Waals surface area contributed by atoms with Crippen LogP contribution in [0.5, 0.6) is 0 Å². The SMILES string of the molecule is O=C(CCCCl)NCCS(=O)(=O)N1CCN(c2ccccc2)CC1. The highest BCUT2D eigenvalue weighted by Gasteiger charge is 2.26. The van der Waals surface area contributed by atoms with E-state index in [1.807, 2.05) is 30.3 Å². The number of carbonyl (C=O) groups excluding carboxylic acids is 1. The van der Waals surface area contributed by atoms with Crippen LogP contribution < -0.4 is 10.2 Å². The Morgan fingerprint density at radius 1 is 1.12 bits per heavy atom. The summed E-state index contributed by atoms with van der Waals surface area (Å²) in [5.74, 6) is 0.210. The second-order valence-corrected chi connectivity index (χ2v) is 8.15. The summed E-state index contributed by atoms with van der Waals surface area (Å²) in [6.45, 7) is 2.42. The molecule has 24 heavy (non-hydrogen) atoms. The number of nitrogens with one attached hydrogen (secondary N) is 1. The predicted octanol–water partition coefficient (Wildman–Crippen LogP) is 1.27. The number of carbonyl (C=O) groups is 1. The molecule has 0 aromatic heterocycles. The lowest BCUT2D eigenvalue weighted by atomic mass is 10.2. The van der Waals surface area contributed by atoms with Gasteiger partial charge < -0.3 is 10.2 Å². The summed E-state index contributed by atoms with van der Waals surface area (Å²) in [5, 5.41) is 2.63. The maximum Gasteiger partial charge on any atom is 0.220 e. The smallest absolute Gasteiger partial charge is 0.220 e. The van der Waals surface area contributed by atoms with Crippen LogP contribution in [0, 0.1) is 0 Å². The average molecular weight is 374 g/mol. The number of para-hydroxylation sites is 1. The van der Waals surface area contributed by atoms with Crippen LogP contribution in [0.4, 0.5) is 5.69 Å². The molecule has 6 nitrogen and oxygen atoms in total. The van der Waals surface area contributed by atoms with Crippen molar-refractivity contribution in [2.24, 2.45) is 0 Å². The summed E-state index contributed by atoms with van der Waals surface area (Å²) in [6.07, 6.45) is 0.931. The first-order valence-corrected chi connectivity index (χ1v) is 10.3. The van der Waals surface area contributed by atoms with Crippen molar-refractivity contribution in [3.05, 3.63) is 30.3 Å². The zero-order valence-corrected chi connectivity index (χ0v) is 15.2. The lowest BCUT2D eigenvalue weighted by Crippen LogP contribution is -2.50. The molecule has 2 rings (SSSR count). The van der Waals surface area contributed by atoms with Crippen LogP contribution in [0.15, 0.2) is 30.3 Å². The monoisotopic (exact) mass is 373 g/mol. The maximum atomic E-state index is 12.4. The molecule has 1 aliphatic heterocycles. The van der Waals surface area contributed by atoms with Crippen LogP contribution in [0.2, 0.25) is 0 Å². The first kappa shape index (κ1) is 19.0. The number of alkyl halides is 1. The summed E-state index contributed by atoms with van der Waals surface area (Å²) >= 11 is 5.52. The Kier molecular flexibility index (Phi) is 7.33. The summed E-state index contributed by atoms with van der Waals surface area (Å²) in [4.78, 5) is 13.7. The van der Waals surface area contributed by atoms with Crippen molar-refractivity contribution in [3.63, 3.8) is 0 Å². The summed E-state index contributed by atoms with van der Waals surface area (Å²) in [6, 6.07) is 9.98. The van der Waals surface area contributed by atoms with Crippen LogP contribution in [0.3, 0.4) is 0 Å². The first-order chi connectivity index (χ1) is 11.5. The summed E-state index contributed by atoms with van der Waals surface area (Å²) in [5.41, 5.74) is 1.11. The van der Waals surface area contributed by atoms with E-state index in [-0.39, 0.29) is 18.2 Å². The Balaban J connectivity index is 1.76. The fraction of sp³-hybridized carbons (Fsp3) is 0.562.